The highest BCUT2D eigenvalue weighted by Crippen LogP contribution is 2.23. The smallest absolute Gasteiger partial charge is 0.291 e. The molecule has 2 aromatic heterocycles. The van der Waals surface area contributed by atoms with Crippen molar-refractivity contribution in [1.29, 1.82) is 0 Å². The number of carbonyl (C=O) groups is 1. The predicted octanol–water partition coefficient (Wildman–Crippen LogP) is 3.45. The Hall–Kier alpha value is -3.29. The van der Waals surface area contributed by atoms with Crippen molar-refractivity contribution < 1.29 is 4.79 Å². The van der Waals surface area contributed by atoms with Crippen molar-refractivity contribution in [2.75, 3.05) is 18.0 Å². The van der Waals surface area contributed by atoms with Crippen LogP contribution in [0.25, 0.3) is 5.69 Å². The average molecular weight is 434 g/mol. The summed E-state index contributed by atoms with van der Waals surface area (Å²) in [5, 5.41) is 7.66. The third-order valence-electron chi connectivity index (χ3n) is 5.98. The van der Waals surface area contributed by atoms with Gasteiger partial charge in [0.25, 0.3) is 5.91 Å². The Balaban J connectivity index is 1.41. The van der Waals surface area contributed by atoms with Crippen molar-refractivity contribution in [2.45, 2.75) is 58.9 Å². The van der Waals surface area contributed by atoms with E-state index in [2.05, 4.69) is 57.1 Å². The maximum Gasteiger partial charge on any atom is 0.291 e. The summed E-state index contributed by atoms with van der Waals surface area (Å²) in [5.41, 5.74) is 3.19. The molecule has 1 aliphatic heterocycles. The number of para-hydroxylation sites is 1. The van der Waals surface area contributed by atoms with Crippen LogP contribution >= 0.6 is 0 Å². The first kappa shape index (κ1) is 21.9. The van der Waals surface area contributed by atoms with E-state index < -0.39 is 0 Å². The molecule has 1 aromatic carbocycles. The fourth-order valence-electron chi connectivity index (χ4n) is 4.14. The SMILES string of the molecule is CCc1cc(N2CCC(NC(=O)c3nc(C)n(-c4ccccc4C(C)C)n3)CC2)ncn1. The van der Waals surface area contributed by atoms with Crippen molar-refractivity contribution >= 4 is 11.7 Å². The van der Waals surface area contributed by atoms with Crippen LogP contribution in [-0.2, 0) is 6.42 Å². The lowest BCUT2D eigenvalue weighted by molar-refractivity contribution is 0.0920. The first-order valence-corrected chi connectivity index (χ1v) is 11.4. The second-order valence-corrected chi connectivity index (χ2v) is 8.56. The van der Waals surface area contributed by atoms with Gasteiger partial charge in [0, 0.05) is 30.9 Å². The summed E-state index contributed by atoms with van der Waals surface area (Å²) in [6.07, 6.45) is 4.23. The Morgan fingerprint density at radius 2 is 1.94 bits per heavy atom. The number of benzene rings is 1. The quantitative estimate of drug-likeness (QED) is 0.641. The number of amides is 1. The van der Waals surface area contributed by atoms with E-state index in [0.717, 1.165) is 49.6 Å². The molecule has 1 N–H and O–H groups in total. The molecule has 3 aromatic rings. The highest BCUT2D eigenvalue weighted by Gasteiger charge is 2.24. The van der Waals surface area contributed by atoms with Gasteiger partial charge in [0.2, 0.25) is 5.82 Å². The summed E-state index contributed by atoms with van der Waals surface area (Å²) in [4.78, 5) is 28.3. The number of rotatable bonds is 6. The Labute approximate surface area is 189 Å². The summed E-state index contributed by atoms with van der Waals surface area (Å²) in [6, 6.07) is 10.3. The number of hydrogen-bond donors (Lipinski definition) is 1. The maximum atomic E-state index is 12.9. The first-order valence-electron chi connectivity index (χ1n) is 11.4. The molecule has 8 nitrogen and oxygen atoms in total. The minimum atomic E-state index is -0.220. The number of aryl methyl sites for hydroxylation is 2. The van der Waals surface area contributed by atoms with Gasteiger partial charge < -0.3 is 10.2 Å². The summed E-state index contributed by atoms with van der Waals surface area (Å²) in [7, 11) is 0. The van der Waals surface area contributed by atoms with Gasteiger partial charge in [-0.1, -0.05) is 39.0 Å². The molecule has 1 amide bonds. The largest absolute Gasteiger partial charge is 0.356 e. The van der Waals surface area contributed by atoms with E-state index in [1.807, 2.05) is 31.2 Å². The average Bonchev–Trinajstić information content (AvgIpc) is 3.21. The molecule has 0 spiro atoms. The topological polar surface area (TPSA) is 88.8 Å². The second-order valence-electron chi connectivity index (χ2n) is 8.56. The zero-order valence-corrected chi connectivity index (χ0v) is 19.2. The molecular weight excluding hydrogens is 402 g/mol. The summed E-state index contributed by atoms with van der Waals surface area (Å²) < 4.78 is 1.77. The third-order valence-corrected chi connectivity index (χ3v) is 5.98. The van der Waals surface area contributed by atoms with Crippen LogP contribution in [0.5, 0.6) is 0 Å². The summed E-state index contributed by atoms with van der Waals surface area (Å²) in [5.74, 6) is 2.00. The van der Waals surface area contributed by atoms with Gasteiger partial charge in [0.1, 0.15) is 18.0 Å². The van der Waals surface area contributed by atoms with Crippen LogP contribution in [0.4, 0.5) is 5.82 Å². The van der Waals surface area contributed by atoms with Crippen LogP contribution in [0.2, 0.25) is 0 Å². The van der Waals surface area contributed by atoms with Gasteiger partial charge in [0.15, 0.2) is 0 Å². The minimum Gasteiger partial charge on any atom is -0.356 e. The van der Waals surface area contributed by atoms with Crippen molar-refractivity contribution in [1.82, 2.24) is 30.0 Å². The molecule has 1 saturated heterocycles. The lowest BCUT2D eigenvalue weighted by Gasteiger charge is -2.33. The molecule has 32 heavy (non-hydrogen) atoms. The van der Waals surface area contributed by atoms with Gasteiger partial charge in [-0.25, -0.2) is 19.6 Å². The first-order chi connectivity index (χ1) is 15.5. The van der Waals surface area contributed by atoms with Gasteiger partial charge in [-0.05, 0) is 43.7 Å². The fourth-order valence-corrected chi connectivity index (χ4v) is 4.14. The number of nitrogens with zero attached hydrogens (tertiary/aromatic N) is 6. The van der Waals surface area contributed by atoms with Crippen LogP contribution in [0, 0.1) is 6.92 Å². The molecule has 0 atom stereocenters. The van der Waals surface area contributed by atoms with E-state index in [0.29, 0.717) is 11.7 Å². The van der Waals surface area contributed by atoms with Gasteiger partial charge in [-0.15, -0.1) is 5.10 Å². The van der Waals surface area contributed by atoms with Crippen LogP contribution in [0.3, 0.4) is 0 Å². The summed E-state index contributed by atoms with van der Waals surface area (Å²) >= 11 is 0. The van der Waals surface area contributed by atoms with E-state index in [4.69, 9.17) is 0 Å². The molecule has 0 radical (unpaired) electrons. The molecule has 0 saturated carbocycles. The van der Waals surface area contributed by atoms with Gasteiger partial charge >= 0.3 is 0 Å². The highest BCUT2D eigenvalue weighted by atomic mass is 16.2. The predicted molar refractivity (Wildman–Crippen MR) is 124 cm³/mol. The maximum absolute atomic E-state index is 12.9. The van der Waals surface area contributed by atoms with Gasteiger partial charge in [0.05, 0.1) is 5.69 Å². The van der Waals surface area contributed by atoms with Crippen LogP contribution in [-0.4, -0.2) is 49.8 Å². The van der Waals surface area contributed by atoms with Crippen LogP contribution in [0.1, 0.15) is 67.2 Å². The second kappa shape index (κ2) is 9.46. The van der Waals surface area contributed by atoms with E-state index in [9.17, 15) is 4.79 Å². The van der Waals surface area contributed by atoms with E-state index in [1.54, 1.807) is 11.0 Å². The molecule has 0 bridgehead atoms. The minimum absolute atomic E-state index is 0.0986. The zero-order chi connectivity index (χ0) is 22.7. The molecule has 0 unspecified atom stereocenters. The highest BCUT2D eigenvalue weighted by molar-refractivity contribution is 5.90. The van der Waals surface area contributed by atoms with Crippen molar-refractivity contribution in [3.05, 3.63) is 59.6 Å². The lowest BCUT2D eigenvalue weighted by Crippen LogP contribution is -2.45. The van der Waals surface area contributed by atoms with E-state index >= 15 is 0 Å². The molecule has 168 valence electrons. The monoisotopic (exact) mass is 433 g/mol. The third kappa shape index (κ3) is 4.64. The van der Waals surface area contributed by atoms with E-state index in [-0.39, 0.29) is 17.8 Å². The number of hydrogen-bond acceptors (Lipinski definition) is 6. The van der Waals surface area contributed by atoms with Crippen LogP contribution in [0.15, 0.2) is 36.7 Å². The van der Waals surface area contributed by atoms with Crippen molar-refractivity contribution in [3.8, 4) is 5.69 Å². The van der Waals surface area contributed by atoms with Crippen LogP contribution < -0.4 is 10.2 Å². The Kier molecular flexibility index (Phi) is 6.48. The molecule has 8 heteroatoms. The Morgan fingerprint density at radius 3 is 2.66 bits per heavy atom. The van der Waals surface area contributed by atoms with Crippen molar-refractivity contribution in [2.24, 2.45) is 0 Å². The fraction of sp³-hybridized carbons (Fsp3) is 0.458. The molecular formula is C24H31N7O. The molecule has 1 fully saturated rings. The number of aromatic nitrogens is 5. The molecule has 4 rings (SSSR count). The molecule has 0 aliphatic carbocycles. The standard InChI is InChI=1S/C24H31N7O/c1-5-18-14-22(26-15-25-18)30-12-10-19(11-13-30)28-24(32)23-27-17(4)31(29-23)21-9-7-6-8-20(21)16(2)3/h6-9,14-16,19H,5,10-13H2,1-4H3,(H,28,32). The molecule has 1 aliphatic rings. The summed E-state index contributed by atoms with van der Waals surface area (Å²) in [6.45, 7) is 9.95. The normalized spacial score (nSPS) is 14.7. The van der Waals surface area contributed by atoms with E-state index in [1.165, 1.54) is 5.56 Å². The Bertz CT molecular complexity index is 1080. The number of anilines is 1. The van der Waals surface area contributed by atoms with Gasteiger partial charge in [-0.2, -0.15) is 0 Å². The van der Waals surface area contributed by atoms with Crippen molar-refractivity contribution in [3.63, 3.8) is 0 Å². The Morgan fingerprint density at radius 1 is 1.19 bits per heavy atom. The lowest BCUT2D eigenvalue weighted by atomic mass is 10.0. The number of carbonyl (C=O) groups excluding carboxylic acids is 1. The number of piperidine rings is 1. The molecule has 3 heterocycles. The zero-order valence-electron chi connectivity index (χ0n) is 19.2. The number of nitrogens with one attached hydrogen (secondary N) is 1. The van der Waals surface area contributed by atoms with Gasteiger partial charge in [-0.3, -0.25) is 4.79 Å².